The van der Waals surface area contributed by atoms with Gasteiger partial charge in [0.1, 0.15) is 5.69 Å². The maximum absolute atomic E-state index is 12.7. The molecule has 8 heteroatoms. The molecule has 1 atom stereocenters. The number of rotatable bonds is 4. The van der Waals surface area contributed by atoms with Crippen molar-refractivity contribution in [3.8, 4) is 0 Å². The number of anilines is 2. The third-order valence-corrected chi connectivity index (χ3v) is 5.73. The van der Waals surface area contributed by atoms with E-state index in [1.807, 2.05) is 11.0 Å². The van der Waals surface area contributed by atoms with Crippen LogP contribution in [0.15, 0.2) is 36.8 Å². The van der Waals surface area contributed by atoms with Crippen LogP contribution in [0.1, 0.15) is 36.6 Å². The highest BCUT2D eigenvalue weighted by Crippen LogP contribution is 2.37. The van der Waals surface area contributed by atoms with E-state index in [1.165, 1.54) is 12.3 Å². The van der Waals surface area contributed by atoms with E-state index in [4.69, 9.17) is 0 Å². The average molecular weight is 392 g/mol. The lowest BCUT2D eigenvalue weighted by molar-refractivity contribution is -0.141. The van der Waals surface area contributed by atoms with Gasteiger partial charge >= 0.3 is 6.18 Å². The van der Waals surface area contributed by atoms with Gasteiger partial charge in [-0.3, -0.25) is 4.98 Å². The highest BCUT2D eigenvalue weighted by atomic mass is 19.4. The molecule has 2 aromatic heterocycles. The molecule has 4 rings (SSSR count). The van der Waals surface area contributed by atoms with Crippen LogP contribution in [0.3, 0.4) is 0 Å². The first-order chi connectivity index (χ1) is 13.4. The molecule has 2 aliphatic rings. The second-order valence-corrected chi connectivity index (χ2v) is 7.44. The molecular weight excluding hydrogens is 369 g/mol. The standard InChI is InChI=1S/C20H23F3N4O/c21-20(22,23)18-3-2-15(12-25-18)26-10-5-14(6-11-26)19(28)16-13-24-7-4-17(16)27-8-1-9-27/h2-4,7,12-14,19,28H,1,5-6,8-11H2. The number of pyridine rings is 2. The lowest BCUT2D eigenvalue weighted by atomic mass is 9.87. The number of aromatic nitrogens is 2. The van der Waals surface area contributed by atoms with E-state index in [-0.39, 0.29) is 5.92 Å². The second-order valence-electron chi connectivity index (χ2n) is 7.44. The largest absolute Gasteiger partial charge is 0.433 e. The lowest BCUT2D eigenvalue weighted by Gasteiger charge is -2.38. The van der Waals surface area contributed by atoms with Crippen LogP contribution in [-0.2, 0) is 6.18 Å². The first kappa shape index (κ1) is 19.0. The van der Waals surface area contributed by atoms with Gasteiger partial charge in [0.2, 0.25) is 0 Å². The molecule has 150 valence electrons. The van der Waals surface area contributed by atoms with E-state index in [2.05, 4.69) is 14.9 Å². The Morgan fingerprint density at radius 1 is 1.00 bits per heavy atom. The molecule has 0 radical (unpaired) electrons. The summed E-state index contributed by atoms with van der Waals surface area (Å²) in [5.41, 5.74) is 1.74. The van der Waals surface area contributed by atoms with Crippen LogP contribution in [0.5, 0.6) is 0 Å². The quantitative estimate of drug-likeness (QED) is 0.861. The normalized spacial score (nSPS) is 19.4. The summed E-state index contributed by atoms with van der Waals surface area (Å²) in [6, 6.07) is 4.45. The Morgan fingerprint density at radius 2 is 1.75 bits per heavy atom. The number of piperidine rings is 1. The zero-order chi connectivity index (χ0) is 19.7. The molecule has 2 fully saturated rings. The highest BCUT2D eigenvalue weighted by Gasteiger charge is 2.33. The minimum atomic E-state index is -4.42. The Labute approximate surface area is 161 Å². The molecule has 2 aromatic rings. The van der Waals surface area contributed by atoms with Gasteiger partial charge in [0.05, 0.1) is 18.0 Å². The number of nitrogens with zero attached hydrogens (tertiary/aromatic N) is 4. The van der Waals surface area contributed by atoms with Crippen molar-refractivity contribution in [3.63, 3.8) is 0 Å². The molecule has 0 spiro atoms. The van der Waals surface area contributed by atoms with Gasteiger partial charge in [0, 0.05) is 49.8 Å². The van der Waals surface area contributed by atoms with E-state index < -0.39 is 18.0 Å². The van der Waals surface area contributed by atoms with Gasteiger partial charge in [0.15, 0.2) is 0 Å². The van der Waals surface area contributed by atoms with Crippen molar-refractivity contribution >= 4 is 11.4 Å². The monoisotopic (exact) mass is 392 g/mol. The molecule has 2 aliphatic heterocycles. The van der Waals surface area contributed by atoms with Crippen molar-refractivity contribution in [1.29, 1.82) is 0 Å². The van der Waals surface area contributed by atoms with Gasteiger partial charge in [0.25, 0.3) is 0 Å². The van der Waals surface area contributed by atoms with Crippen molar-refractivity contribution in [2.45, 2.75) is 31.5 Å². The summed E-state index contributed by atoms with van der Waals surface area (Å²) in [5.74, 6) is 0.0999. The van der Waals surface area contributed by atoms with E-state index >= 15 is 0 Å². The SMILES string of the molecule is OC(c1cnccc1N1CCC1)C1CCN(c2ccc(C(F)(F)F)nc2)CC1. The van der Waals surface area contributed by atoms with Gasteiger partial charge in [-0.25, -0.2) is 4.98 Å². The van der Waals surface area contributed by atoms with Crippen molar-refractivity contribution in [1.82, 2.24) is 9.97 Å². The summed E-state index contributed by atoms with van der Waals surface area (Å²) >= 11 is 0. The fourth-order valence-electron chi connectivity index (χ4n) is 3.94. The van der Waals surface area contributed by atoms with Crippen LogP contribution < -0.4 is 9.80 Å². The van der Waals surface area contributed by atoms with Gasteiger partial charge in [-0.05, 0) is 43.4 Å². The van der Waals surface area contributed by atoms with E-state index in [0.717, 1.165) is 49.7 Å². The van der Waals surface area contributed by atoms with Crippen LogP contribution in [0.25, 0.3) is 0 Å². The lowest BCUT2D eigenvalue weighted by Crippen LogP contribution is -2.39. The molecule has 0 aromatic carbocycles. The Morgan fingerprint density at radius 3 is 2.32 bits per heavy atom. The Balaban J connectivity index is 1.40. The van der Waals surface area contributed by atoms with Gasteiger partial charge in [-0.2, -0.15) is 13.2 Å². The molecule has 28 heavy (non-hydrogen) atoms. The third kappa shape index (κ3) is 3.78. The summed E-state index contributed by atoms with van der Waals surface area (Å²) in [5, 5.41) is 11.0. The first-order valence-corrected chi connectivity index (χ1v) is 9.58. The molecule has 1 N–H and O–H groups in total. The van der Waals surface area contributed by atoms with E-state index in [9.17, 15) is 18.3 Å². The van der Waals surface area contributed by atoms with Crippen molar-refractivity contribution < 1.29 is 18.3 Å². The predicted octanol–water partition coefficient (Wildman–Crippen LogP) is 3.66. The third-order valence-electron chi connectivity index (χ3n) is 5.73. The van der Waals surface area contributed by atoms with Crippen molar-refractivity contribution in [2.75, 3.05) is 36.0 Å². The molecule has 5 nitrogen and oxygen atoms in total. The molecule has 1 unspecified atom stereocenters. The number of aliphatic hydroxyl groups excluding tert-OH is 1. The zero-order valence-electron chi connectivity index (χ0n) is 15.4. The van der Waals surface area contributed by atoms with Crippen LogP contribution in [-0.4, -0.2) is 41.3 Å². The Bertz CT molecular complexity index is 800. The van der Waals surface area contributed by atoms with Gasteiger partial charge in [-0.15, -0.1) is 0 Å². The number of alkyl halides is 3. The van der Waals surface area contributed by atoms with Gasteiger partial charge < -0.3 is 14.9 Å². The number of hydrogen-bond acceptors (Lipinski definition) is 5. The van der Waals surface area contributed by atoms with Crippen molar-refractivity contribution in [2.24, 2.45) is 5.92 Å². The summed E-state index contributed by atoms with van der Waals surface area (Å²) in [4.78, 5) is 12.0. The summed E-state index contributed by atoms with van der Waals surface area (Å²) in [6.45, 7) is 3.36. The van der Waals surface area contributed by atoms with E-state index in [1.54, 1.807) is 12.4 Å². The smallest absolute Gasteiger partial charge is 0.388 e. The molecular formula is C20H23F3N4O. The minimum absolute atomic E-state index is 0.0999. The molecule has 2 saturated heterocycles. The maximum atomic E-state index is 12.7. The molecule has 0 saturated carbocycles. The summed E-state index contributed by atoms with van der Waals surface area (Å²) < 4.78 is 38.0. The topological polar surface area (TPSA) is 52.5 Å². The Kier molecular flexibility index (Phi) is 5.14. The number of hydrogen-bond donors (Lipinski definition) is 1. The molecule has 0 aliphatic carbocycles. The molecule has 0 bridgehead atoms. The fraction of sp³-hybridized carbons (Fsp3) is 0.500. The highest BCUT2D eigenvalue weighted by molar-refractivity contribution is 5.55. The van der Waals surface area contributed by atoms with Crippen LogP contribution in [0, 0.1) is 5.92 Å². The number of aliphatic hydroxyl groups is 1. The minimum Gasteiger partial charge on any atom is -0.388 e. The predicted molar refractivity (Wildman–Crippen MR) is 100 cm³/mol. The zero-order valence-corrected chi connectivity index (χ0v) is 15.4. The summed E-state index contributed by atoms with van der Waals surface area (Å²) in [6.07, 6.45) is 2.46. The fourth-order valence-corrected chi connectivity index (χ4v) is 3.94. The van der Waals surface area contributed by atoms with Crippen molar-refractivity contribution in [3.05, 3.63) is 48.0 Å². The van der Waals surface area contributed by atoms with Crippen LogP contribution >= 0.6 is 0 Å². The first-order valence-electron chi connectivity index (χ1n) is 9.58. The molecule has 0 amide bonds. The maximum Gasteiger partial charge on any atom is 0.433 e. The number of halogens is 3. The Hall–Kier alpha value is -2.35. The van der Waals surface area contributed by atoms with Crippen LogP contribution in [0.4, 0.5) is 24.5 Å². The summed E-state index contributed by atoms with van der Waals surface area (Å²) in [7, 11) is 0. The second kappa shape index (κ2) is 7.58. The van der Waals surface area contributed by atoms with Gasteiger partial charge in [-0.1, -0.05) is 0 Å². The molecule has 4 heterocycles. The average Bonchev–Trinajstić information content (AvgIpc) is 2.66. The van der Waals surface area contributed by atoms with E-state index in [0.29, 0.717) is 18.8 Å². The van der Waals surface area contributed by atoms with Crippen LogP contribution in [0.2, 0.25) is 0 Å².